The van der Waals surface area contributed by atoms with E-state index < -0.39 is 0 Å². The largest absolute Gasteiger partial charge is 0.396 e. The molecular formula is C9H16O2. The number of hydrogen-bond donors (Lipinski definition) is 2. The summed E-state index contributed by atoms with van der Waals surface area (Å²) in [7, 11) is 0. The van der Waals surface area contributed by atoms with Crippen LogP contribution in [0.4, 0.5) is 0 Å². The highest BCUT2D eigenvalue weighted by atomic mass is 16.3. The SMILES string of the molecule is CC1=C(C)CC(CO)(CO)C1. The summed E-state index contributed by atoms with van der Waals surface area (Å²) >= 11 is 0. The molecule has 0 saturated heterocycles. The Bertz CT molecular complexity index is 162. The maximum absolute atomic E-state index is 9.07. The molecule has 1 aliphatic carbocycles. The number of rotatable bonds is 2. The van der Waals surface area contributed by atoms with E-state index in [0.717, 1.165) is 12.8 Å². The predicted octanol–water partition coefficient (Wildman–Crippen LogP) is 1.09. The third-order valence-electron chi connectivity index (χ3n) is 2.68. The van der Waals surface area contributed by atoms with Crippen molar-refractivity contribution >= 4 is 0 Å². The lowest BCUT2D eigenvalue weighted by atomic mass is 9.86. The molecule has 0 aromatic carbocycles. The second-order valence-corrected chi connectivity index (χ2v) is 3.73. The molecule has 0 aromatic heterocycles. The number of hydrogen-bond acceptors (Lipinski definition) is 2. The molecule has 0 unspecified atom stereocenters. The molecule has 1 rings (SSSR count). The molecule has 11 heavy (non-hydrogen) atoms. The molecule has 64 valence electrons. The van der Waals surface area contributed by atoms with Crippen LogP contribution in [0.5, 0.6) is 0 Å². The van der Waals surface area contributed by atoms with Crippen molar-refractivity contribution in [3.63, 3.8) is 0 Å². The molecule has 0 radical (unpaired) electrons. The van der Waals surface area contributed by atoms with Gasteiger partial charge in [0.25, 0.3) is 0 Å². The number of allylic oxidation sites excluding steroid dienone is 2. The topological polar surface area (TPSA) is 40.5 Å². The van der Waals surface area contributed by atoms with Gasteiger partial charge in [-0.15, -0.1) is 0 Å². The zero-order chi connectivity index (χ0) is 8.48. The summed E-state index contributed by atoms with van der Waals surface area (Å²) in [5.41, 5.74) is 2.41. The lowest BCUT2D eigenvalue weighted by molar-refractivity contribution is 0.0629. The van der Waals surface area contributed by atoms with Crippen LogP contribution in [-0.4, -0.2) is 23.4 Å². The summed E-state index contributed by atoms with van der Waals surface area (Å²) in [6, 6.07) is 0. The van der Waals surface area contributed by atoms with E-state index in [4.69, 9.17) is 10.2 Å². The van der Waals surface area contributed by atoms with Gasteiger partial charge in [0.15, 0.2) is 0 Å². The second kappa shape index (κ2) is 2.95. The van der Waals surface area contributed by atoms with Crippen LogP contribution in [0.15, 0.2) is 11.1 Å². The van der Waals surface area contributed by atoms with Gasteiger partial charge in [-0.25, -0.2) is 0 Å². The van der Waals surface area contributed by atoms with E-state index in [1.807, 2.05) is 0 Å². The second-order valence-electron chi connectivity index (χ2n) is 3.73. The fourth-order valence-corrected chi connectivity index (χ4v) is 1.76. The van der Waals surface area contributed by atoms with E-state index in [-0.39, 0.29) is 18.6 Å². The Morgan fingerprint density at radius 1 is 1.09 bits per heavy atom. The van der Waals surface area contributed by atoms with Crippen LogP contribution in [0.2, 0.25) is 0 Å². The highest BCUT2D eigenvalue weighted by Crippen LogP contribution is 2.40. The summed E-state index contributed by atoms with van der Waals surface area (Å²) in [6.45, 7) is 4.33. The van der Waals surface area contributed by atoms with E-state index in [1.165, 1.54) is 11.1 Å². The normalized spacial score (nSPS) is 22.9. The van der Waals surface area contributed by atoms with E-state index in [0.29, 0.717) is 0 Å². The van der Waals surface area contributed by atoms with Crippen LogP contribution < -0.4 is 0 Å². The molecule has 0 amide bonds. The summed E-state index contributed by atoms with van der Waals surface area (Å²) in [5.74, 6) is 0. The van der Waals surface area contributed by atoms with E-state index >= 15 is 0 Å². The predicted molar refractivity (Wildman–Crippen MR) is 44.2 cm³/mol. The van der Waals surface area contributed by atoms with E-state index in [9.17, 15) is 0 Å². The molecule has 0 fully saturated rings. The van der Waals surface area contributed by atoms with Gasteiger partial charge in [-0.2, -0.15) is 0 Å². The van der Waals surface area contributed by atoms with Crippen molar-refractivity contribution in [2.24, 2.45) is 5.41 Å². The zero-order valence-electron chi connectivity index (χ0n) is 7.22. The van der Waals surface area contributed by atoms with Crippen molar-refractivity contribution in [2.75, 3.05) is 13.2 Å². The van der Waals surface area contributed by atoms with Gasteiger partial charge in [-0.05, 0) is 26.7 Å². The lowest BCUT2D eigenvalue weighted by Crippen LogP contribution is -2.26. The molecule has 2 nitrogen and oxygen atoms in total. The first-order valence-corrected chi connectivity index (χ1v) is 4.00. The number of aliphatic hydroxyl groups excluding tert-OH is 2. The van der Waals surface area contributed by atoms with Gasteiger partial charge in [0.1, 0.15) is 0 Å². The van der Waals surface area contributed by atoms with Crippen molar-refractivity contribution in [3.05, 3.63) is 11.1 Å². The van der Waals surface area contributed by atoms with Gasteiger partial charge < -0.3 is 10.2 Å². The summed E-state index contributed by atoms with van der Waals surface area (Å²) in [6.07, 6.45) is 1.71. The minimum atomic E-state index is -0.242. The van der Waals surface area contributed by atoms with Crippen LogP contribution in [-0.2, 0) is 0 Å². The summed E-state index contributed by atoms with van der Waals surface area (Å²) < 4.78 is 0. The highest BCUT2D eigenvalue weighted by Gasteiger charge is 2.34. The van der Waals surface area contributed by atoms with Gasteiger partial charge in [0.05, 0.1) is 13.2 Å². The molecule has 0 bridgehead atoms. The Kier molecular flexibility index (Phi) is 2.35. The molecule has 0 aromatic rings. The van der Waals surface area contributed by atoms with Crippen molar-refractivity contribution in [2.45, 2.75) is 26.7 Å². The van der Waals surface area contributed by atoms with Crippen LogP contribution >= 0.6 is 0 Å². The fourth-order valence-electron chi connectivity index (χ4n) is 1.76. The van der Waals surface area contributed by atoms with E-state index in [2.05, 4.69) is 13.8 Å². The van der Waals surface area contributed by atoms with Gasteiger partial charge >= 0.3 is 0 Å². The molecule has 0 atom stereocenters. The maximum Gasteiger partial charge on any atom is 0.0515 e. The minimum Gasteiger partial charge on any atom is -0.396 e. The maximum atomic E-state index is 9.07. The molecule has 0 aliphatic heterocycles. The fraction of sp³-hybridized carbons (Fsp3) is 0.778. The molecular weight excluding hydrogens is 140 g/mol. The van der Waals surface area contributed by atoms with Crippen LogP contribution in [0.3, 0.4) is 0 Å². The molecule has 0 saturated carbocycles. The van der Waals surface area contributed by atoms with E-state index in [1.54, 1.807) is 0 Å². The first-order chi connectivity index (χ1) is 5.13. The van der Waals surface area contributed by atoms with Crippen molar-refractivity contribution in [1.29, 1.82) is 0 Å². The van der Waals surface area contributed by atoms with Gasteiger partial charge in [-0.3, -0.25) is 0 Å². The minimum absolute atomic E-state index is 0.0954. The summed E-state index contributed by atoms with van der Waals surface area (Å²) in [4.78, 5) is 0. The van der Waals surface area contributed by atoms with Gasteiger partial charge in [-0.1, -0.05) is 11.1 Å². The monoisotopic (exact) mass is 156 g/mol. The third kappa shape index (κ3) is 1.47. The van der Waals surface area contributed by atoms with Crippen LogP contribution in [0.25, 0.3) is 0 Å². The molecule has 0 spiro atoms. The Balaban J connectivity index is 2.69. The Hall–Kier alpha value is -0.340. The first-order valence-electron chi connectivity index (χ1n) is 4.00. The quantitative estimate of drug-likeness (QED) is 0.587. The molecule has 0 heterocycles. The average Bonchev–Trinajstić information content (AvgIpc) is 2.29. The Labute approximate surface area is 67.6 Å². The van der Waals surface area contributed by atoms with Gasteiger partial charge in [0, 0.05) is 5.41 Å². The smallest absolute Gasteiger partial charge is 0.0515 e. The number of aliphatic hydroxyl groups is 2. The average molecular weight is 156 g/mol. The summed E-state index contributed by atoms with van der Waals surface area (Å²) in [5, 5.41) is 18.1. The van der Waals surface area contributed by atoms with Crippen molar-refractivity contribution in [1.82, 2.24) is 0 Å². The highest BCUT2D eigenvalue weighted by molar-refractivity contribution is 5.21. The van der Waals surface area contributed by atoms with Crippen molar-refractivity contribution in [3.8, 4) is 0 Å². The third-order valence-corrected chi connectivity index (χ3v) is 2.68. The standard InChI is InChI=1S/C9H16O2/c1-7-3-9(5-10,6-11)4-8(7)2/h10-11H,3-6H2,1-2H3. The first kappa shape index (κ1) is 8.75. The van der Waals surface area contributed by atoms with Crippen LogP contribution in [0.1, 0.15) is 26.7 Å². The van der Waals surface area contributed by atoms with Crippen LogP contribution in [0, 0.1) is 5.41 Å². The molecule has 1 aliphatic rings. The van der Waals surface area contributed by atoms with Gasteiger partial charge in [0.2, 0.25) is 0 Å². The Morgan fingerprint density at radius 2 is 1.45 bits per heavy atom. The Morgan fingerprint density at radius 3 is 1.64 bits per heavy atom. The van der Waals surface area contributed by atoms with Crippen molar-refractivity contribution < 1.29 is 10.2 Å². The molecule has 2 heteroatoms. The zero-order valence-corrected chi connectivity index (χ0v) is 7.22. The molecule has 2 N–H and O–H groups in total. The lowest BCUT2D eigenvalue weighted by Gasteiger charge is -2.23.